The lowest BCUT2D eigenvalue weighted by molar-refractivity contribution is 0.590. The molecule has 0 aliphatic rings. The molecule has 0 radical (unpaired) electrons. The third-order valence-corrected chi connectivity index (χ3v) is 2.50. The Balaban J connectivity index is 5.43. The summed E-state index contributed by atoms with van der Waals surface area (Å²) in [7, 11) is 0. The van der Waals surface area contributed by atoms with Gasteiger partial charge in [0.05, 0.1) is 5.70 Å². The lowest BCUT2D eigenvalue weighted by Crippen LogP contribution is -2.21. The summed E-state index contributed by atoms with van der Waals surface area (Å²) in [6, 6.07) is 0. The minimum absolute atomic E-state index is 0.00141. The molecular weight excluding hydrogens is 208 g/mol. The fourth-order valence-corrected chi connectivity index (χ4v) is 1.42. The van der Waals surface area contributed by atoms with Crippen molar-refractivity contribution in [2.24, 2.45) is 15.4 Å². The first-order valence-electron chi connectivity index (χ1n) is 5.78. The van der Waals surface area contributed by atoms with Gasteiger partial charge < -0.3 is 0 Å². The van der Waals surface area contributed by atoms with Gasteiger partial charge in [-0.1, -0.05) is 33.4 Å². The molecule has 0 saturated heterocycles. The van der Waals surface area contributed by atoms with E-state index in [1.807, 2.05) is 13.8 Å². The Kier molecular flexibility index (Phi) is 5.80. The highest BCUT2D eigenvalue weighted by Gasteiger charge is 2.20. The Morgan fingerprint density at radius 3 is 2.00 bits per heavy atom. The van der Waals surface area contributed by atoms with Gasteiger partial charge in [-0.3, -0.25) is 9.98 Å². The molecule has 0 aromatic heterocycles. The molecule has 0 N–H and O–H groups in total. The highest BCUT2D eigenvalue weighted by molar-refractivity contribution is 6.03. The molecule has 0 aliphatic heterocycles. The largest absolute Gasteiger partial charge is 0.272 e. The van der Waals surface area contributed by atoms with Crippen LogP contribution in [0.15, 0.2) is 45.7 Å². The topological polar surface area (TPSA) is 24.7 Å². The summed E-state index contributed by atoms with van der Waals surface area (Å²) in [5.41, 5.74) is 3.91. The fourth-order valence-electron chi connectivity index (χ4n) is 1.42. The molecule has 0 rings (SSSR count). The van der Waals surface area contributed by atoms with Crippen LogP contribution in [0.5, 0.6) is 0 Å². The van der Waals surface area contributed by atoms with E-state index in [2.05, 4.69) is 57.1 Å². The van der Waals surface area contributed by atoms with Crippen LogP contribution in [0.3, 0.4) is 0 Å². The molecule has 94 valence electrons. The first-order valence-corrected chi connectivity index (χ1v) is 5.78. The number of hydrogen-bond donors (Lipinski definition) is 0. The molecule has 2 nitrogen and oxygen atoms in total. The summed E-state index contributed by atoms with van der Waals surface area (Å²) >= 11 is 0. The fraction of sp³-hybridized carbons (Fsp3) is 0.467. The van der Waals surface area contributed by atoms with E-state index in [1.54, 1.807) is 6.20 Å². The maximum absolute atomic E-state index is 4.63. The Bertz CT molecular complexity index is 388. The first-order chi connectivity index (χ1) is 7.73. The molecule has 0 unspecified atom stereocenters. The Labute approximate surface area is 106 Å². The van der Waals surface area contributed by atoms with Crippen molar-refractivity contribution in [1.29, 1.82) is 0 Å². The molecule has 0 spiro atoms. The third-order valence-electron chi connectivity index (χ3n) is 2.50. The van der Waals surface area contributed by atoms with E-state index < -0.39 is 0 Å². The molecule has 17 heavy (non-hydrogen) atoms. The van der Waals surface area contributed by atoms with Crippen molar-refractivity contribution in [3.8, 4) is 0 Å². The van der Waals surface area contributed by atoms with Crippen molar-refractivity contribution in [2.45, 2.75) is 41.5 Å². The van der Waals surface area contributed by atoms with Crippen LogP contribution < -0.4 is 0 Å². The van der Waals surface area contributed by atoms with Gasteiger partial charge in [0, 0.05) is 17.3 Å². The molecule has 0 atom stereocenters. The van der Waals surface area contributed by atoms with Crippen molar-refractivity contribution in [3.63, 3.8) is 0 Å². The maximum Gasteiger partial charge on any atom is 0.0606 e. The molecule has 0 amide bonds. The second-order valence-electron chi connectivity index (χ2n) is 5.12. The predicted octanol–water partition coefficient (Wildman–Crippen LogP) is 4.56. The molecule has 0 aliphatic carbocycles. The molecule has 0 saturated carbocycles. The van der Waals surface area contributed by atoms with Gasteiger partial charge >= 0.3 is 0 Å². The maximum atomic E-state index is 4.63. The van der Waals surface area contributed by atoms with Crippen molar-refractivity contribution >= 4 is 12.4 Å². The van der Waals surface area contributed by atoms with E-state index >= 15 is 0 Å². The Morgan fingerprint density at radius 2 is 1.65 bits per heavy atom. The summed E-state index contributed by atoms with van der Waals surface area (Å²) in [6.07, 6.45) is 3.75. The van der Waals surface area contributed by atoms with E-state index in [-0.39, 0.29) is 5.41 Å². The van der Waals surface area contributed by atoms with Crippen LogP contribution in [0.1, 0.15) is 41.5 Å². The van der Waals surface area contributed by atoms with Gasteiger partial charge in [-0.15, -0.1) is 0 Å². The number of hydrogen-bond acceptors (Lipinski definition) is 2. The number of nitrogens with zero attached hydrogens (tertiary/aromatic N) is 2. The van der Waals surface area contributed by atoms with Crippen LogP contribution in [0.25, 0.3) is 0 Å². The second kappa shape index (κ2) is 6.33. The van der Waals surface area contributed by atoms with Crippen LogP contribution >= 0.6 is 0 Å². The lowest BCUT2D eigenvalue weighted by atomic mass is 9.85. The Morgan fingerprint density at radius 1 is 1.12 bits per heavy atom. The monoisotopic (exact) mass is 232 g/mol. The quantitative estimate of drug-likeness (QED) is 0.501. The van der Waals surface area contributed by atoms with Crippen LogP contribution in [0, 0.1) is 5.41 Å². The zero-order valence-electron chi connectivity index (χ0n) is 12.0. The van der Waals surface area contributed by atoms with Crippen LogP contribution in [0.4, 0.5) is 0 Å². The van der Waals surface area contributed by atoms with Crippen LogP contribution in [-0.4, -0.2) is 12.4 Å². The minimum atomic E-state index is 0.00141. The smallest absolute Gasteiger partial charge is 0.0606 e. The lowest BCUT2D eigenvalue weighted by Gasteiger charge is -2.22. The molecule has 0 fully saturated rings. The van der Waals surface area contributed by atoms with Crippen LogP contribution in [-0.2, 0) is 0 Å². The molecular formula is C15H24N2. The second-order valence-corrected chi connectivity index (χ2v) is 5.12. The van der Waals surface area contributed by atoms with Gasteiger partial charge in [0.25, 0.3) is 0 Å². The summed E-state index contributed by atoms with van der Waals surface area (Å²) in [6.45, 7) is 19.9. The highest BCUT2D eigenvalue weighted by atomic mass is 14.8. The number of aliphatic imine (C=N–C) groups is 2. The van der Waals surface area contributed by atoms with Crippen molar-refractivity contribution in [3.05, 3.63) is 35.7 Å². The average Bonchev–Trinajstić information content (AvgIpc) is 2.23. The van der Waals surface area contributed by atoms with Gasteiger partial charge in [-0.2, -0.15) is 0 Å². The summed E-state index contributed by atoms with van der Waals surface area (Å²) in [4.78, 5) is 8.37. The zero-order chi connectivity index (χ0) is 13.6. The summed E-state index contributed by atoms with van der Waals surface area (Å²) < 4.78 is 0. The number of allylic oxidation sites excluding steroid dienone is 3. The molecule has 2 heteroatoms. The number of rotatable bonds is 4. The predicted molar refractivity (Wildman–Crippen MR) is 78.8 cm³/mol. The highest BCUT2D eigenvalue weighted by Crippen LogP contribution is 2.24. The summed E-state index contributed by atoms with van der Waals surface area (Å²) in [5, 5.41) is 0. The van der Waals surface area contributed by atoms with Crippen molar-refractivity contribution in [1.82, 2.24) is 0 Å². The van der Waals surface area contributed by atoms with E-state index in [9.17, 15) is 0 Å². The minimum Gasteiger partial charge on any atom is -0.272 e. The van der Waals surface area contributed by atoms with Gasteiger partial charge in [0.2, 0.25) is 0 Å². The van der Waals surface area contributed by atoms with Gasteiger partial charge in [0.1, 0.15) is 0 Å². The first kappa shape index (κ1) is 15.6. The third kappa shape index (κ3) is 4.94. The SMILES string of the molecule is C=N/C=C(\C)C(=C)/N=C(\C(C)=C/C)C(C)(C)C. The van der Waals surface area contributed by atoms with Gasteiger partial charge in [0.15, 0.2) is 0 Å². The zero-order valence-corrected chi connectivity index (χ0v) is 12.0. The van der Waals surface area contributed by atoms with Gasteiger partial charge in [-0.05, 0) is 38.6 Å². The van der Waals surface area contributed by atoms with E-state index in [4.69, 9.17) is 0 Å². The average molecular weight is 232 g/mol. The van der Waals surface area contributed by atoms with Crippen LogP contribution in [0.2, 0.25) is 0 Å². The molecule has 0 heterocycles. The van der Waals surface area contributed by atoms with E-state index in [0.29, 0.717) is 0 Å². The normalized spacial score (nSPS) is 14.8. The standard InChI is InChI=1S/C15H24N2/c1-9-11(2)14(15(5,6)7)17-13(4)12(3)10-16-8/h9-10H,4,8H2,1-3,5-7H3/b11-9-,12-10+,17-14+. The molecule has 0 aromatic rings. The van der Waals surface area contributed by atoms with Crippen molar-refractivity contribution < 1.29 is 0 Å². The molecule has 0 bridgehead atoms. The summed E-state index contributed by atoms with van der Waals surface area (Å²) in [5.74, 6) is 0. The molecule has 0 aromatic carbocycles. The van der Waals surface area contributed by atoms with Crippen molar-refractivity contribution in [2.75, 3.05) is 0 Å². The van der Waals surface area contributed by atoms with Gasteiger partial charge in [-0.25, -0.2) is 0 Å². The van der Waals surface area contributed by atoms with E-state index in [0.717, 1.165) is 17.0 Å². The van der Waals surface area contributed by atoms with E-state index in [1.165, 1.54) is 5.57 Å². The Hall–Kier alpha value is -1.44.